The van der Waals surface area contributed by atoms with Crippen LogP contribution < -0.4 is 5.32 Å². The van der Waals surface area contributed by atoms with Crippen molar-refractivity contribution in [3.8, 4) is 0 Å². The molecule has 13 heavy (non-hydrogen) atoms. The summed E-state index contributed by atoms with van der Waals surface area (Å²) in [6.07, 6.45) is 1.26. The van der Waals surface area contributed by atoms with Gasteiger partial charge in [0.1, 0.15) is 5.88 Å². The van der Waals surface area contributed by atoms with E-state index in [9.17, 15) is 4.79 Å². The third kappa shape index (κ3) is 3.02. The van der Waals surface area contributed by atoms with Crippen LogP contribution in [-0.2, 0) is 4.79 Å². The standard InChI is InChI=1S/C7H10ClN3O2/c1-5(3-9-6(12)2-8)7-10-4-13-11-7/h4-5H,2-3H2,1H3,(H,9,12). The number of hydrogen-bond donors (Lipinski definition) is 1. The maximum absolute atomic E-state index is 10.8. The van der Waals surface area contributed by atoms with Gasteiger partial charge in [0.15, 0.2) is 5.82 Å². The van der Waals surface area contributed by atoms with Crippen LogP contribution in [0, 0.1) is 0 Å². The lowest BCUT2D eigenvalue weighted by molar-refractivity contribution is -0.118. The molecule has 1 heterocycles. The van der Waals surface area contributed by atoms with Gasteiger partial charge in [0.25, 0.3) is 0 Å². The first-order valence-corrected chi connectivity index (χ1v) is 4.36. The average Bonchev–Trinajstić information content (AvgIpc) is 2.66. The maximum Gasteiger partial charge on any atom is 0.234 e. The number of carbonyl (C=O) groups excluding carboxylic acids is 1. The number of nitrogens with zero attached hydrogens (tertiary/aromatic N) is 2. The fourth-order valence-electron chi connectivity index (χ4n) is 0.801. The van der Waals surface area contributed by atoms with Crippen LogP contribution in [-0.4, -0.2) is 28.5 Å². The summed E-state index contributed by atoms with van der Waals surface area (Å²) >= 11 is 5.30. The van der Waals surface area contributed by atoms with Crippen LogP contribution in [0.15, 0.2) is 10.9 Å². The summed E-state index contributed by atoms with van der Waals surface area (Å²) in [5, 5.41) is 6.28. The summed E-state index contributed by atoms with van der Waals surface area (Å²) in [4.78, 5) is 14.6. The van der Waals surface area contributed by atoms with E-state index in [-0.39, 0.29) is 17.7 Å². The van der Waals surface area contributed by atoms with E-state index in [0.29, 0.717) is 12.4 Å². The molecule has 1 amide bonds. The van der Waals surface area contributed by atoms with Crippen molar-refractivity contribution < 1.29 is 9.32 Å². The molecule has 0 aromatic carbocycles. The minimum atomic E-state index is -0.197. The Morgan fingerprint density at radius 1 is 1.85 bits per heavy atom. The molecule has 0 aliphatic carbocycles. The summed E-state index contributed by atoms with van der Waals surface area (Å²) < 4.78 is 4.57. The zero-order chi connectivity index (χ0) is 9.68. The van der Waals surface area contributed by atoms with Gasteiger partial charge in [-0.3, -0.25) is 4.79 Å². The fraction of sp³-hybridized carbons (Fsp3) is 0.571. The Bertz CT molecular complexity index is 263. The van der Waals surface area contributed by atoms with E-state index >= 15 is 0 Å². The maximum atomic E-state index is 10.8. The number of halogens is 1. The Hall–Kier alpha value is -1.10. The van der Waals surface area contributed by atoms with E-state index in [1.807, 2.05) is 6.92 Å². The number of carbonyl (C=O) groups is 1. The van der Waals surface area contributed by atoms with Crippen molar-refractivity contribution in [2.45, 2.75) is 12.8 Å². The second-order valence-corrected chi connectivity index (χ2v) is 2.90. The van der Waals surface area contributed by atoms with Gasteiger partial charge in [-0.2, -0.15) is 4.98 Å². The highest BCUT2D eigenvalue weighted by atomic mass is 35.5. The minimum absolute atomic E-state index is 0.0288. The molecular weight excluding hydrogens is 194 g/mol. The van der Waals surface area contributed by atoms with Crippen LogP contribution in [0.25, 0.3) is 0 Å². The van der Waals surface area contributed by atoms with Gasteiger partial charge in [-0.1, -0.05) is 12.1 Å². The Morgan fingerprint density at radius 3 is 3.15 bits per heavy atom. The highest BCUT2D eigenvalue weighted by Crippen LogP contribution is 2.06. The lowest BCUT2D eigenvalue weighted by Crippen LogP contribution is -2.28. The predicted molar refractivity (Wildman–Crippen MR) is 46.4 cm³/mol. The van der Waals surface area contributed by atoms with Crippen LogP contribution in [0.4, 0.5) is 0 Å². The van der Waals surface area contributed by atoms with Crippen molar-refractivity contribution in [2.24, 2.45) is 0 Å². The largest absolute Gasteiger partial charge is 0.354 e. The summed E-state index contributed by atoms with van der Waals surface area (Å²) in [6.45, 7) is 2.35. The van der Waals surface area contributed by atoms with E-state index in [1.54, 1.807) is 0 Å². The van der Waals surface area contributed by atoms with E-state index in [4.69, 9.17) is 11.6 Å². The Morgan fingerprint density at radius 2 is 2.62 bits per heavy atom. The molecule has 1 aromatic rings. The van der Waals surface area contributed by atoms with E-state index < -0.39 is 0 Å². The zero-order valence-electron chi connectivity index (χ0n) is 7.16. The van der Waals surface area contributed by atoms with Crippen molar-refractivity contribution in [1.82, 2.24) is 15.5 Å². The first-order chi connectivity index (χ1) is 6.24. The van der Waals surface area contributed by atoms with Gasteiger partial charge >= 0.3 is 0 Å². The minimum Gasteiger partial charge on any atom is -0.354 e. The molecule has 0 radical (unpaired) electrons. The first-order valence-electron chi connectivity index (χ1n) is 3.83. The summed E-state index contributed by atoms with van der Waals surface area (Å²) in [5.41, 5.74) is 0. The SMILES string of the molecule is CC(CNC(=O)CCl)c1ncon1. The number of alkyl halides is 1. The molecule has 1 rings (SSSR count). The van der Waals surface area contributed by atoms with Crippen LogP contribution in [0.2, 0.25) is 0 Å². The number of aromatic nitrogens is 2. The van der Waals surface area contributed by atoms with Crippen LogP contribution in [0.1, 0.15) is 18.7 Å². The molecule has 1 aromatic heterocycles. The number of hydrogen-bond acceptors (Lipinski definition) is 4. The third-order valence-corrected chi connectivity index (χ3v) is 1.79. The van der Waals surface area contributed by atoms with Gasteiger partial charge in [-0.15, -0.1) is 11.6 Å². The van der Waals surface area contributed by atoms with Gasteiger partial charge in [-0.05, 0) is 0 Å². The van der Waals surface area contributed by atoms with Crippen molar-refractivity contribution in [3.63, 3.8) is 0 Å². The molecule has 0 aliphatic heterocycles. The Kier molecular flexibility index (Phi) is 3.70. The molecule has 0 spiro atoms. The summed E-state index contributed by atoms with van der Waals surface area (Å²) in [6, 6.07) is 0. The van der Waals surface area contributed by atoms with Crippen LogP contribution in [0.5, 0.6) is 0 Å². The number of nitrogens with one attached hydrogen (secondary N) is 1. The van der Waals surface area contributed by atoms with Gasteiger partial charge in [-0.25, -0.2) is 0 Å². The molecule has 1 unspecified atom stereocenters. The lowest BCUT2D eigenvalue weighted by Gasteiger charge is -2.06. The molecule has 1 atom stereocenters. The normalized spacial score (nSPS) is 12.5. The lowest BCUT2D eigenvalue weighted by atomic mass is 10.2. The first kappa shape index (κ1) is 9.98. The van der Waals surface area contributed by atoms with E-state index in [0.717, 1.165) is 0 Å². The molecule has 0 bridgehead atoms. The number of rotatable bonds is 4. The van der Waals surface area contributed by atoms with Gasteiger partial charge < -0.3 is 9.84 Å². The van der Waals surface area contributed by atoms with E-state index in [1.165, 1.54) is 6.39 Å². The molecule has 5 nitrogen and oxygen atoms in total. The van der Waals surface area contributed by atoms with Crippen molar-refractivity contribution >= 4 is 17.5 Å². The second-order valence-electron chi connectivity index (χ2n) is 2.63. The van der Waals surface area contributed by atoms with Crippen molar-refractivity contribution in [1.29, 1.82) is 0 Å². The van der Waals surface area contributed by atoms with Gasteiger partial charge in [0.05, 0.1) is 0 Å². The molecule has 1 N–H and O–H groups in total. The van der Waals surface area contributed by atoms with Crippen molar-refractivity contribution in [2.75, 3.05) is 12.4 Å². The Balaban J connectivity index is 2.34. The zero-order valence-corrected chi connectivity index (χ0v) is 7.91. The molecule has 0 saturated heterocycles. The van der Waals surface area contributed by atoms with Gasteiger partial charge in [0.2, 0.25) is 12.3 Å². The smallest absolute Gasteiger partial charge is 0.234 e. The molecule has 6 heteroatoms. The van der Waals surface area contributed by atoms with Crippen molar-refractivity contribution in [3.05, 3.63) is 12.2 Å². The monoisotopic (exact) mass is 203 g/mol. The van der Waals surface area contributed by atoms with Crippen LogP contribution in [0.3, 0.4) is 0 Å². The predicted octanol–water partition coefficient (Wildman–Crippen LogP) is 0.528. The molecule has 0 saturated carbocycles. The Labute approximate surface area is 80.5 Å². The quantitative estimate of drug-likeness (QED) is 0.725. The van der Waals surface area contributed by atoms with E-state index in [2.05, 4.69) is 20.0 Å². The fourth-order valence-corrected chi connectivity index (χ4v) is 0.896. The second kappa shape index (κ2) is 4.81. The highest BCUT2D eigenvalue weighted by Gasteiger charge is 2.10. The third-order valence-electron chi connectivity index (χ3n) is 1.55. The molecule has 0 fully saturated rings. The average molecular weight is 204 g/mol. The molecule has 72 valence electrons. The molecular formula is C7H10ClN3O2. The highest BCUT2D eigenvalue weighted by molar-refractivity contribution is 6.27. The summed E-state index contributed by atoms with van der Waals surface area (Å²) in [5.74, 6) is 0.386. The summed E-state index contributed by atoms with van der Waals surface area (Å²) in [7, 11) is 0. The molecule has 0 aliphatic rings. The topological polar surface area (TPSA) is 68.0 Å². The van der Waals surface area contributed by atoms with Crippen LogP contribution >= 0.6 is 11.6 Å². The number of amides is 1. The van der Waals surface area contributed by atoms with Gasteiger partial charge in [0, 0.05) is 12.5 Å².